The minimum atomic E-state index is -0.0586. The lowest BCUT2D eigenvalue weighted by Gasteiger charge is -2.34. The van der Waals surface area contributed by atoms with Gasteiger partial charge in [0, 0.05) is 25.9 Å². The molecule has 0 spiro atoms. The van der Waals surface area contributed by atoms with Gasteiger partial charge in [-0.1, -0.05) is 33.1 Å². The number of hydrogen-bond acceptors (Lipinski definition) is 4. The Bertz CT molecular complexity index is 340. The molecular weight excluding hydrogens is 282 g/mol. The fourth-order valence-corrected chi connectivity index (χ4v) is 3.23. The van der Waals surface area contributed by atoms with E-state index >= 15 is 0 Å². The third kappa shape index (κ3) is 7.22. The Labute approximate surface area is 133 Å². The summed E-state index contributed by atoms with van der Waals surface area (Å²) in [5.74, 6) is 6.60. The van der Waals surface area contributed by atoms with E-state index < -0.39 is 0 Å². The molecule has 0 radical (unpaired) electrons. The van der Waals surface area contributed by atoms with Crippen LogP contribution in [0.4, 0.5) is 0 Å². The van der Waals surface area contributed by atoms with Crippen LogP contribution in [0.5, 0.6) is 0 Å². The molecule has 1 fully saturated rings. The fourth-order valence-electron chi connectivity index (χ4n) is 3.23. The van der Waals surface area contributed by atoms with Crippen LogP contribution in [0, 0.1) is 17.8 Å². The Balaban J connectivity index is 2.13. The zero-order valence-corrected chi connectivity index (χ0v) is 13.9. The summed E-state index contributed by atoms with van der Waals surface area (Å²) in [4.78, 5) is 28.0. The lowest BCUT2D eigenvalue weighted by atomic mass is 9.72. The lowest BCUT2D eigenvalue weighted by molar-refractivity contribution is -0.123. The van der Waals surface area contributed by atoms with Crippen molar-refractivity contribution in [1.29, 1.82) is 0 Å². The van der Waals surface area contributed by atoms with Gasteiger partial charge < -0.3 is 15.5 Å². The molecule has 0 aromatic carbocycles. The van der Waals surface area contributed by atoms with E-state index in [1.807, 2.05) is 0 Å². The summed E-state index contributed by atoms with van der Waals surface area (Å²) in [6.45, 7) is 5.85. The van der Waals surface area contributed by atoms with E-state index in [0.29, 0.717) is 56.7 Å². The summed E-state index contributed by atoms with van der Waals surface area (Å²) in [7, 11) is 0. The second-order valence-corrected chi connectivity index (χ2v) is 6.43. The van der Waals surface area contributed by atoms with Gasteiger partial charge in [-0.25, -0.2) is 5.90 Å². The van der Waals surface area contributed by atoms with Crippen molar-refractivity contribution in [3.63, 3.8) is 0 Å². The zero-order valence-electron chi connectivity index (χ0n) is 13.9. The molecule has 1 aliphatic rings. The number of hydrogen-bond donors (Lipinski definition) is 3. The minimum absolute atomic E-state index is 0.0586. The maximum atomic E-state index is 12.0. The van der Waals surface area contributed by atoms with Gasteiger partial charge in [0.1, 0.15) is 0 Å². The number of nitrogens with two attached hydrogens (primary N) is 1. The number of amides is 2. The molecule has 1 saturated carbocycles. The maximum Gasteiger partial charge on any atom is 0.221 e. The van der Waals surface area contributed by atoms with E-state index in [9.17, 15) is 9.59 Å². The van der Waals surface area contributed by atoms with Crippen molar-refractivity contribution in [2.45, 2.75) is 52.4 Å². The predicted molar refractivity (Wildman–Crippen MR) is 85.7 cm³/mol. The highest BCUT2D eigenvalue weighted by Gasteiger charge is 2.29. The summed E-state index contributed by atoms with van der Waals surface area (Å²) in [6.07, 6.45) is 5.29. The van der Waals surface area contributed by atoms with Crippen molar-refractivity contribution in [2.24, 2.45) is 23.7 Å². The first-order valence-electron chi connectivity index (χ1n) is 8.39. The number of nitrogens with one attached hydrogen (secondary N) is 2. The smallest absolute Gasteiger partial charge is 0.221 e. The monoisotopic (exact) mass is 313 g/mol. The average molecular weight is 313 g/mol. The van der Waals surface area contributed by atoms with E-state index in [1.165, 1.54) is 19.3 Å². The first kappa shape index (κ1) is 18.9. The molecule has 0 saturated heterocycles. The molecular formula is C16H31N3O3. The van der Waals surface area contributed by atoms with Crippen LogP contribution < -0.4 is 16.5 Å². The molecule has 128 valence electrons. The van der Waals surface area contributed by atoms with Crippen LogP contribution in [0.1, 0.15) is 52.4 Å². The topological polar surface area (TPSA) is 93.5 Å². The highest BCUT2D eigenvalue weighted by atomic mass is 16.6. The Morgan fingerprint density at radius 3 is 2.36 bits per heavy atom. The summed E-state index contributed by atoms with van der Waals surface area (Å²) in [5, 5.41) is 5.62. The second-order valence-electron chi connectivity index (χ2n) is 6.43. The third-order valence-corrected chi connectivity index (χ3v) is 4.64. The van der Waals surface area contributed by atoms with Gasteiger partial charge in [0.15, 0.2) is 0 Å². The van der Waals surface area contributed by atoms with Crippen LogP contribution in [0.3, 0.4) is 0 Å². The number of carbonyl (C=O) groups excluding carboxylic acids is 2. The second kappa shape index (κ2) is 10.6. The van der Waals surface area contributed by atoms with Crippen molar-refractivity contribution in [3.8, 4) is 0 Å². The quantitative estimate of drug-likeness (QED) is 0.442. The highest BCUT2D eigenvalue weighted by Crippen LogP contribution is 2.36. The van der Waals surface area contributed by atoms with E-state index in [1.54, 1.807) is 0 Å². The molecule has 1 aliphatic carbocycles. The molecule has 0 aromatic heterocycles. The molecule has 0 bridgehead atoms. The standard InChI is InChI=1S/C16H31N3O3/c1-12-5-3-6-13(2)14(12)11-16(21)19-9-7-15(20)18-8-4-10-22-17/h12-14H,3-11,17H2,1-2H3,(H,18,20)(H,19,21). The third-order valence-electron chi connectivity index (χ3n) is 4.64. The van der Waals surface area contributed by atoms with Crippen LogP contribution in [0.25, 0.3) is 0 Å². The molecule has 0 aromatic rings. The molecule has 2 unspecified atom stereocenters. The van der Waals surface area contributed by atoms with Gasteiger partial charge in [0.05, 0.1) is 6.61 Å². The van der Waals surface area contributed by atoms with E-state index in [-0.39, 0.29) is 11.8 Å². The van der Waals surface area contributed by atoms with Crippen LogP contribution in [0.15, 0.2) is 0 Å². The van der Waals surface area contributed by atoms with E-state index in [4.69, 9.17) is 5.90 Å². The number of carbonyl (C=O) groups is 2. The molecule has 4 N–H and O–H groups in total. The normalized spacial score (nSPS) is 24.8. The van der Waals surface area contributed by atoms with Gasteiger partial charge in [-0.15, -0.1) is 0 Å². The summed E-state index contributed by atoms with van der Waals surface area (Å²) in [6, 6.07) is 0. The molecule has 0 heterocycles. The largest absolute Gasteiger partial charge is 0.356 e. The van der Waals surface area contributed by atoms with Crippen LogP contribution >= 0.6 is 0 Å². The first-order valence-corrected chi connectivity index (χ1v) is 8.39. The van der Waals surface area contributed by atoms with Gasteiger partial charge >= 0.3 is 0 Å². The molecule has 1 rings (SSSR count). The molecule has 6 nitrogen and oxygen atoms in total. The minimum Gasteiger partial charge on any atom is -0.356 e. The zero-order chi connectivity index (χ0) is 16.4. The molecule has 22 heavy (non-hydrogen) atoms. The fraction of sp³-hybridized carbons (Fsp3) is 0.875. The van der Waals surface area contributed by atoms with Crippen molar-refractivity contribution < 1.29 is 14.4 Å². The van der Waals surface area contributed by atoms with Crippen LogP contribution in [-0.2, 0) is 14.4 Å². The average Bonchev–Trinajstić information content (AvgIpc) is 2.48. The molecule has 6 heteroatoms. The van der Waals surface area contributed by atoms with Crippen molar-refractivity contribution in [3.05, 3.63) is 0 Å². The Hall–Kier alpha value is -1.14. The Morgan fingerprint density at radius 2 is 1.73 bits per heavy atom. The Morgan fingerprint density at radius 1 is 1.09 bits per heavy atom. The van der Waals surface area contributed by atoms with Gasteiger partial charge in [0.25, 0.3) is 0 Å². The van der Waals surface area contributed by atoms with Crippen molar-refractivity contribution >= 4 is 11.8 Å². The van der Waals surface area contributed by atoms with Gasteiger partial charge in [-0.05, 0) is 24.2 Å². The van der Waals surface area contributed by atoms with Gasteiger partial charge in [-0.3, -0.25) is 9.59 Å². The summed E-state index contributed by atoms with van der Waals surface area (Å²) < 4.78 is 0. The summed E-state index contributed by atoms with van der Waals surface area (Å²) >= 11 is 0. The molecule has 0 aliphatic heterocycles. The first-order chi connectivity index (χ1) is 10.5. The molecule has 2 atom stereocenters. The highest BCUT2D eigenvalue weighted by molar-refractivity contribution is 5.79. The number of rotatable bonds is 9. The van der Waals surface area contributed by atoms with Crippen LogP contribution in [0.2, 0.25) is 0 Å². The Kier molecular flexibility index (Phi) is 9.08. The van der Waals surface area contributed by atoms with Crippen LogP contribution in [-0.4, -0.2) is 31.5 Å². The van der Waals surface area contributed by atoms with Gasteiger partial charge in [-0.2, -0.15) is 0 Å². The summed E-state index contributed by atoms with van der Waals surface area (Å²) in [5.41, 5.74) is 0. The molecule has 2 amide bonds. The SMILES string of the molecule is CC1CCCC(C)C1CC(=O)NCCC(=O)NCCCON. The predicted octanol–water partition coefficient (Wildman–Crippen LogP) is 1.35. The van der Waals surface area contributed by atoms with Crippen molar-refractivity contribution in [2.75, 3.05) is 19.7 Å². The van der Waals surface area contributed by atoms with E-state index in [2.05, 4.69) is 29.3 Å². The maximum absolute atomic E-state index is 12.0. The van der Waals surface area contributed by atoms with Gasteiger partial charge in [0.2, 0.25) is 11.8 Å². The van der Waals surface area contributed by atoms with Crippen molar-refractivity contribution in [1.82, 2.24) is 10.6 Å². The lowest BCUT2D eigenvalue weighted by Crippen LogP contribution is -2.35. The van der Waals surface area contributed by atoms with E-state index in [0.717, 1.165) is 0 Å².